The number of alkyl carbamates (subject to hydrolysis) is 1. The van der Waals surface area contributed by atoms with E-state index < -0.39 is 26.1 Å². The Morgan fingerprint density at radius 1 is 0.967 bits per heavy atom. The van der Waals surface area contributed by atoms with Crippen molar-refractivity contribution in [3.63, 3.8) is 0 Å². The maximum absolute atomic E-state index is 12.2. The van der Waals surface area contributed by atoms with Crippen LogP contribution < -0.4 is 15.7 Å². The lowest BCUT2D eigenvalue weighted by atomic mass is 10.2. The molecule has 5 heteroatoms. The van der Waals surface area contributed by atoms with Crippen LogP contribution in [0.4, 0.5) is 4.79 Å². The summed E-state index contributed by atoms with van der Waals surface area (Å²) >= 11 is 0. The topological polar surface area (TPSA) is 47.6 Å². The Labute approximate surface area is 182 Å². The Morgan fingerprint density at radius 3 is 1.80 bits per heavy atom. The number of rotatable bonds is 6. The lowest BCUT2D eigenvalue weighted by molar-refractivity contribution is 0.0503. The number of nitrogens with one attached hydrogen (secondary N) is 1. The van der Waals surface area contributed by atoms with E-state index in [2.05, 4.69) is 56.3 Å². The zero-order valence-electron chi connectivity index (χ0n) is 18.9. The first-order valence-electron chi connectivity index (χ1n) is 10.2. The monoisotopic (exact) mass is 423 g/mol. The highest BCUT2D eigenvalue weighted by molar-refractivity contribution is 6.99. The number of hydrogen-bond acceptors (Lipinski definition) is 3. The molecule has 30 heavy (non-hydrogen) atoms. The second-order valence-corrected chi connectivity index (χ2v) is 13.6. The molecule has 0 fully saturated rings. The molecule has 0 unspecified atom stereocenters. The summed E-state index contributed by atoms with van der Waals surface area (Å²) < 4.78 is 12.1. The predicted molar refractivity (Wildman–Crippen MR) is 126 cm³/mol. The van der Waals surface area contributed by atoms with Crippen molar-refractivity contribution in [3.05, 3.63) is 60.7 Å². The van der Waals surface area contributed by atoms with Gasteiger partial charge in [-0.25, -0.2) is 4.79 Å². The van der Waals surface area contributed by atoms with Crippen molar-refractivity contribution >= 4 is 24.8 Å². The molecule has 1 N–H and O–H groups in total. The molecule has 1 amide bonds. The van der Waals surface area contributed by atoms with Crippen molar-refractivity contribution in [1.29, 1.82) is 0 Å². The van der Waals surface area contributed by atoms with Crippen LogP contribution in [0.2, 0.25) is 5.04 Å². The van der Waals surface area contributed by atoms with Crippen LogP contribution in [-0.2, 0) is 9.16 Å². The molecule has 2 aromatic rings. The minimum absolute atomic E-state index is 0.166. The highest BCUT2D eigenvalue weighted by Gasteiger charge is 2.50. The van der Waals surface area contributed by atoms with Crippen LogP contribution >= 0.6 is 0 Å². The van der Waals surface area contributed by atoms with E-state index in [9.17, 15) is 4.79 Å². The van der Waals surface area contributed by atoms with Gasteiger partial charge in [0.2, 0.25) is 0 Å². The van der Waals surface area contributed by atoms with Crippen LogP contribution in [0.5, 0.6) is 0 Å². The van der Waals surface area contributed by atoms with Crippen LogP contribution in [0.25, 0.3) is 0 Å². The number of amides is 1. The number of carbonyl (C=O) groups is 1. The summed E-state index contributed by atoms with van der Waals surface area (Å²) in [5.41, 5.74) is -0.595. The first-order valence-corrected chi connectivity index (χ1v) is 12.1. The summed E-state index contributed by atoms with van der Waals surface area (Å²) in [5, 5.41) is 4.91. The van der Waals surface area contributed by atoms with E-state index in [1.165, 1.54) is 0 Å². The molecule has 0 saturated heterocycles. The van der Waals surface area contributed by atoms with Gasteiger partial charge < -0.3 is 14.5 Å². The molecule has 0 radical (unpaired) electrons. The first-order chi connectivity index (χ1) is 14.0. The molecular formula is C25H33NO3Si. The number of benzene rings is 2. The SMILES string of the molecule is C#C[C@@H](CO[Si](c1ccccc1)(c1ccccc1)C(C)(C)C)NC(=O)OC(C)(C)C. The Bertz CT molecular complexity index is 822. The predicted octanol–water partition coefficient (Wildman–Crippen LogP) is 4.09. The fourth-order valence-electron chi connectivity index (χ4n) is 3.55. The van der Waals surface area contributed by atoms with Gasteiger partial charge in [-0.15, -0.1) is 6.42 Å². The summed E-state index contributed by atoms with van der Waals surface area (Å²) in [5.74, 6) is 2.63. The standard InChI is InChI=1S/C25H33NO3Si/c1-8-20(26-23(27)29-24(2,3)4)19-28-30(25(5,6)7,21-15-11-9-12-16-21)22-17-13-10-14-18-22/h1,9-18,20H,19H2,2-7H3,(H,26,27)/t20-/m0/s1. The lowest BCUT2D eigenvalue weighted by Gasteiger charge is -2.43. The first kappa shape index (κ1) is 23.7. The van der Waals surface area contributed by atoms with Gasteiger partial charge >= 0.3 is 6.09 Å². The lowest BCUT2D eigenvalue weighted by Crippen LogP contribution is -2.67. The highest BCUT2D eigenvalue weighted by Crippen LogP contribution is 2.36. The molecule has 0 aliphatic rings. The molecule has 0 bridgehead atoms. The number of terminal acetylenes is 1. The number of carbonyl (C=O) groups excluding carboxylic acids is 1. The van der Waals surface area contributed by atoms with E-state index in [0.717, 1.165) is 10.4 Å². The zero-order valence-corrected chi connectivity index (χ0v) is 19.9. The van der Waals surface area contributed by atoms with Gasteiger partial charge in [0.25, 0.3) is 8.32 Å². The fourth-order valence-corrected chi connectivity index (χ4v) is 8.12. The van der Waals surface area contributed by atoms with Crippen LogP contribution in [0, 0.1) is 12.3 Å². The second-order valence-electron chi connectivity index (χ2n) is 9.34. The summed E-state index contributed by atoms with van der Waals surface area (Å²) in [4.78, 5) is 12.2. The molecule has 2 aromatic carbocycles. The van der Waals surface area contributed by atoms with Crippen molar-refractivity contribution in [2.24, 2.45) is 0 Å². The molecule has 4 nitrogen and oxygen atoms in total. The smallest absolute Gasteiger partial charge is 0.408 e. The van der Waals surface area contributed by atoms with Crippen molar-refractivity contribution in [2.75, 3.05) is 6.61 Å². The Hall–Kier alpha value is -2.55. The third-order valence-corrected chi connectivity index (χ3v) is 9.78. The molecule has 0 aromatic heterocycles. The van der Waals surface area contributed by atoms with Gasteiger partial charge in [-0.1, -0.05) is 87.4 Å². The zero-order chi connectivity index (χ0) is 22.4. The van der Waals surface area contributed by atoms with Gasteiger partial charge in [0.1, 0.15) is 11.6 Å². The molecule has 2 rings (SSSR count). The molecule has 1 atom stereocenters. The van der Waals surface area contributed by atoms with Crippen molar-refractivity contribution in [1.82, 2.24) is 5.32 Å². The minimum Gasteiger partial charge on any atom is -0.444 e. The van der Waals surface area contributed by atoms with Crippen LogP contribution in [-0.4, -0.2) is 32.7 Å². The van der Waals surface area contributed by atoms with Crippen LogP contribution in [0.1, 0.15) is 41.5 Å². The van der Waals surface area contributed by atoms with E-state index in [4.69, 9.17) is 15.6 Å². The van der Waals surface area contributed by atoms with E-state index in [1.807, 2.05) is 57.2 Å². The summed E-state index contributed by atoms with van der Waals surface area (Å²) in [7, 11) is -2.71. The van der Waals surface area contributed by atoms with Gasteiger partial charge in [-0.05, 0) is 36.2 Å². The Kier molecular flexibility index (Phi) is 7.52. The quantitative estimate of drug-likeness (QED) is 0.562. The van der Waals surface area contributed by atoms with Gasteiger partial charge in [-0.2, -0.15) is 0 Å². The molecule has 0 spiro atoms. The Balaban J connectivity index is 2.39. The number of hydrogen-bond donors (Lipinski definition) is 1. The molecule has 160 valence electrons. The maximum Gasteiger partial charge on any atom is 0.408 e. The summed E-state index contributed by atoms with van der Waals surface area (Å²) in [6.07, 6.45) is 5.17. The van der Waals surface area contributed by atoms with E-state index in [0.29, 0.717) is 0 Å². The molecular weight excluding hydrogens is 390 g/mol. The molecule has 0 aliphatic carbocycles. The Morgan fingerprint density at radius 2 is 1.43 bits per heavy atom. The van der Waals surface area contributed by atoms with Gasteiger partial charge in [-0.3, -0.25) is 0 Å². The summed E-state index contributed by atoms with van der Waals surface area (Å²) in [6, 6.07) is 20.0. The van der Waals surface area contributed by atoms with Crippen molar-refractivity contribution in [3.8, 4) is 12.3 Å². The normalized spacial score (nSPS) is 13.2. The third kappa shape index (κ3) is 5.75. The van der Waals surface area contributed by atoms with Gasteiger partial charge in [0, 0.05) is 0 Å². The molecule has 0 heterocycles. The average molecular weight is 424 g/mol. The molecule has 0 aliphatic heterocycles. The highest BCUT2D eigenvalue weighted by atomic mass is 28.4. The van der Waals surface area contributed by atoms with Crippen LogP contribution in [0.3, 0.4) is 0 Å². The molecule has 0 saturated carbocycles. The van der Waals surface area contributed by atoms with E-state index in [-0.39, 0.29) is 11.6 Å². The number of ether oxygens (including phenoxy) is 1. The van der Waals surface area contributed by atoms with Crippen LogP contribution in [0.15, 0.2) is 60.7 Å². The second kappa shape index (κ2) is 9.50. The van der Waals surface area contributed by atoms with Crippen molar-refractivity contribution in [2.45, 2.75) is 58.2 Å². The van der Waals surface area contributed by atoms with Gasteiger partial charge in [0.15, 0.2) is 0 Å². The van der Waals surface area contributed by atoms with E-state index in [1.54, 1.807) is 0 Å². The van der Waals surface area contributed by atoms with Crippen molar-refractivity contribution < 1.29 is 14.0 Å². The third-order valence-electron chi connectivity index (χ3n) is 4.78. The average Bonchev–Trinajstić information content (AvgIpc) is 2.66. The maximum atomic E-state index is 12.2. The summed E-state index contributed by atoms with van der Waals surface area (Å²) in [6.45, 7) is 12.2. The largest absolute Gasteiger partial charge is 0.444 e. The minimum atomic E-state index is -2.71. The van der Waals surface area contributed by atoms with Gasteiger partial charge in [0.05, 0.1) is 6.61 Å². The van der Waals surface area contributed by atoms with E-state index >= 15 is 0 Å². The fraction of sp³-hybridized carbons (Fsp3) is 0.400.